The highest BCUT2D eigenvalue weighted by atomic mass is 35.5. The van der Waals surface area contributed by atoms with Gasteiger partial charge < -0.3 is 0 Å². The summed E-state index contributed by atoms with van der Waals surface area (Å²) in [5.74, 6) is -0.241. The zero-order valence-corrected chi connectivity index (χ0v) is 9.02. The fraction of sp³-hybridized carbons (Fsp3) is 0. The molecule has 1 aliphatic rings. The first-order valence-corrected chi connectivity index (χ1v) is 2.23. The molecule has 0 fully saturated rings. The van der Waals surface area contributed by atoms with Crippen LogP contribution < -0.4 is 0 Å². The Bertz CT molecular complexity index is 160. The number of allylic oxidation sites excluding steroid dienone is 4. The zero-order chi connectivity index (χ0) is 5.98. The van der Waals surface area contributed by atoms with E-state index in [1.165, 1.54) is 24.3 Å². The first kappa shape index (κ1) is 22.7. The Kier molecular flexibility index (Phi) is 20.8. The van der Waals surface area contributed by atoms with Crippen molar-refractivity contribution in [2.45, 2.75) is 0 Å². The van der Waals surface area contributed by atoms with Crippen molar-refractivity contribution in [1.82, 2.24) is 0 Å². The number of rotatable bonds is 0. The average molecular weight is 254 g/mol. The number of ketones is 2. The molecule has 1 rings (SSSR count). The summed E-state index contributed by atoms with van der Waals surface area (Å²) >= 11 is 0. The number of hydrogen-bond donors (Lipinski definition) is 0. The molecule has 0 radical (unpaired) electrons. The molecule has 0 heterocycles. The van der Waals surface area contributed by atoms with Crippen LogP contribution in [0.1, 0.15) is 0 Å². The van der Waals surface area contributed by atoms with Crippen molar-refractivity contribution in [3.05, 3.63) is 24.3 Å². The maximum Gasteiger partial charge on any atom is 0.178 e. The van der Waals surface area contributed by atoms with Crippen LogP contribution in [0, 0.1) is 0 Å². The fourth-order valence-electron chi connectivity index (χ4n) is 0.440. The molecule has 0 unspecified atom stereocenters. The second kappa shape index (κ2) is 11.0. The molecule has 0 amide bonds. The molecule has 0 aromatic heterocycles. The quantitative estimate of drug-likeness (QED) is 0.619. The maximum atomic E-state index is 10.3. The van der Waals surface area contributed by atoms with Crippen LogP contribution in [-0.2, 0) is 9.59 Å². The third-order valence-electron chi connectivity index (χ3n) is 0.824. The van der Waals surface area contributed by atoms with Gasteiger partial charge in [0.25, 0.3) is 0 Å². The van der Waals surface area contributed by atoms with Crippen molar-refractivity contribution >= 4 is 61.2 Å². The molecule has 0 aromatic rings. The Hall–Kier alpha value is -0.0200. The lowest BCUT2D eigenvalue weighted by Crippen LogP contribution is -1.97. The van der Waals surface area contributed by atoms with Gasteiger partial charge in [-0.05, 0) is 24.3 Å². The van der Waals surface area contributed by atoms with E-state index in [1.54, 1.807) is 0 Å². The van der Waals surface area contributed by atoms with Crippen LogP contribution in [0.5, 0.6) is 0 Å². The van der Waals surface area contributed by atoms with E-state index in [2.05, 4.69) is 0 Å². The topological polar surface area (TPSA) is 34.1 Å². The normalized spacial score (nSPS) is 11.7. The lowest BCUT2D eigenvalue weighted by atomic mass is 10.2. The van der Waals surface area contributed by atoms with E-state index in [0.717, 1.165) is 0 Å². The summed E-state index contributed by atoms with van der Waals surface area (Å²) in [6.07, 6.45) is 5.01. The molecule has 72 valence electrons. The van der Waals surface area contributed by atoms with Gasteiger partial charge in [-0.3, -0.25) is 9.59 Å². The number of carbonyl (C=O) groups excluding carboxylic acids is 2. The predicted octanol–water partition coefficient (Wildman–Crippen LogP) is 1.94. The fourth-order valence-corrected chi connectivity index (χ4v) is 0.440. The van der Waals surface area contributed by atoms with Crippen LogP contribution in [0.4, 0.5) is 0 Å². The van der Waals surface area contributed by atoms with Crippen LogP contribution in [0.2, 0.25) is 0 Å². The molecule has 12 heavy (non-hydrogen) atoms. The van der Waals surface area contributed by atoms with Gasteiger partial charge in [0.15, 0.2) is 11.6 Å². The molecule has 1 aliphatic carbocycles. The van der Waals surface area contributed by atoms with Gasteiger partial charge in [0.2, 0.25) is 0 Å². The van der Waals surface area contributed by atoms with Gasteiger partial charge >= 0.3 is 0 Å². The maximum absolute atomic E-state index is 10.3. The average Bonchev–Trinajstić information content (AvgIpc) is 1.77. The van der Waals surface area contributed by atoms with Crippen LogP contribution in [0.25, 0.3) is 0 Å². The Balaban J connectivity index is -0.0000000800. The van der Waals surface area contributed by atoms with Crippen LogP contribution in [-0.4, -0.2) is 11.6 Å². The van der Waals surface area contributed by atoms with E-state index < -0.39 is 0 Å². The molecular formula is C6H8Cl4O2. The summed E-state index contributed by atoms with van der Waals surface area (Å²) < 4.78 is 0. The van der Waals surface area contributed by atoms with Crippen molar-refractivity contribution in [1.29, 1.82) is 0 Å². The van der Waals surface area contributed by atoms with Gasteiger partial charge in [-0.25, -0.2) is 0 Å². The first-order chi connectivity index (χ1) is 3.79. The van der Waals surface area contributed by atoms with Crippen LogP contribution in [0.3, 0.4) is 0 Å². The van der Waals surface area contributed by atoms with Gasteiger partial charge in [0.05, 0.1) is 0 Å². The van der Waals surface area contributed by atoms with E-state index >= 15 is 0 Å². The lowest BCUT2D eigenvalue weighted by molar-refractivity contribution is -0.113. The minimum Gasteiger partial charge on any atom is -0.290 e. The summed E-state index contributed by atoms with van der Waals surface area (Å²) in [7, 11) is 0. The Morgan fingerprint density at radius 1 is 0.583 bits per heavy atom. The molecule has 0 aliphatic heterocycles. The lowest BCUT2D eigenvalue weighted by Gasteiger charge is -1.87. The largest absolute Gasteiger partial charge is 0.290 e. The number of hydrogen-bond acceptors (Lipinski definition) is 2. The second-order valence-corrected chi connectivity index (χ2v) is 1.47. The summed E-state index contributed by atoms with van der Waals surface area (Å²) in [5, 5.41) is 0. The van der Waals surface area contributed by atoms with Crippen molar-refractivity contribution in [2.24, 2.45) is 0 Å². The van der Waals surface area contributed by atoms with E-state index in [-0.39, 0.29) is 61.2 Å². The van der Waals surface area contributed by atoms with E-state index in [0.29, 0.717) is 0 Å². The van der Waals surface area contributed by atoms with Crippen molar-refractivity contribution in [3.63, 3.8) is 0 Å². The van der Waals surface area contributed by atoms with Crippen LogP contribution >= 0.6 is 49.6 Å². The minimum absolute atomic E-state index is 0. The zero-order valence-electron chi connectivity index (χ0n) is 5.76. The van der Waals surface area contributed by atoms with Crippen LogP contribution in [0.15, 0.2) is 24.3 Å². The molecule has 0 saturated carbocycles. The van der Waals surface area contributed by atoms with Gasteiger partial charge in [0.1, 0.15) is 0 Å². The van der Waals surface area contributed by atoms with Crippen molar-refractivity contribution in [2.75, 3.05) is 0 Å². The van der Waals surface area contributed by atoms with Gasteiger partial charge in [0, 0.05) is 0 Å². The molecule has 0 aromatic carbocycles. The molecule has 0 atom stereocenters. The minimum atomic E-state index is -0.121. The van der Waals surface area contributed by atoms with E-state index in [4.69, 9.17) is 0 Å². The molecule has 2 nitrogen and oxygen atoms in total. The van der Waals surface area contributed by atoms with Crippen molar-refractivity contribution < 1.29 is 9.59 Å². The molecule has 0 spiro atoms. The van der Waals surface area contributed by atoms with Crippen molar-refractivity contribution in [3.8, 4) is 0 Å². The molecule has 0 bridgehead atoms. The second-order valence-electron chi connectivity index (χ2n) is 1.47. The third kappa shape index (κ3) is 8.08. The van der Waals surface area contributed by atoms with Gasteiger partial charge in [-0.15, -0.1) is 49.6 Å². The predicted molar refractivity (Wildman–Crippen MR) is 57.3 cm³/mol. The summed E-state index contributed by atoms with van der Waals surface area (Å²) in [5.41, 5.74) is 0. The number of halogens is 4. The number of carbonyl (C=O) groups is 2. The Morgan fingerprint density at radius 2 is 0.750 bits per heavy atom. The smallest absolute Gasteiger partial charge is 0.178 e. The third-order valence-corrected chi connectivity index (χ3v) is 0.824. The molecule has 0 N–H and O–H groups in total. The molecular weight excluding hydrogens is 246 g/mol. The van der Waals surface area contributed by atoms with E-state index in [9.17, 15) is 9.59 Å². The summed E-state index contributed by atoms with van der Waals surface area (Å²) in [6, 6.07) is 0. The molecule has 6 heteroatoms. The molecule has 0 saturated heterocycles. The SMILES string of the molecule is Cl.Cl.Cl.Cl.O=C1C=CC(=O)C=C1. The summed E-state index contributed by atoms with van der Waals surface area (Å²) in [6.45, 7) is 0. The standard InChI is InChI=1S/C6H4O2.4ClH/c7-5-1-2-6(8)4-3-5;;;;/h1-4H;4*1H. The van der Waals surface area contributed by atoms with Gasteiger partial charge in [-0.2, -0.15) is 0 Å². The highest BCUT2D eigenvalue weighted by molar-refractivity contribution is 6.14. The highest BCUT2D eigenvalue weighted by Crippen LogP contribution is 1.90. The first-order valence-electron chi connectivity index (χ1n) is 2.23. The van der Waals surface area contributed by atoms with E-state index in [1.807, 2.05) is 0 Å². The monoisotopic (exact) mass is 252 g/mol. The summed E-state index contributed by atoms with van der Waals surface area (Å²) in [4.78, 5) is 20.6. The Morgan fingerprint density at radius 3 is 0.917 bits per heavy atom. The van der Waals surface area contributed by atoms with Gasteiger partial charge in [-0.1, -0.05) is 0 Å². The highest BCUT2D eigenvalue weighted by Gasteiger charge is 1.97. The Labute approximate surface area is 95.1 Å².